The number of nitrogens with zero attached hydrogens (tertiary/aromatic N) is 3. The first-order valence-corrected chi connectivity index (χ1v) is 4.19. The first-order chi connectivity index (χ1) is 7.26. The average Bonchev–Trinajstić information content (AvgIpc) is 2.28. The molecule has 15 heavy (non-hydrogen) atoms. The van der Waals surface area contributed by atoms with E-state index in [2.05, 4.69) is 15.0 Å². The molecule has 2 heterocycles. The van der Waals surface area contributed by atoms with Gasteiger partial charge in [-0.25, -0.2) is 15.0 Å². The van der Waals surface area contributed by atoms with Crippen molar-refractivity contribution >= 4 is 11.0 Å². The summed E-state index contributed by atoms with van der Waals surface area (Å²) in [7, 11) is 2.98. The van der Waals surface area contributed by atoms with Crippen molar-refractivity contribution in [2.75, 3.05) is 14.2 Å². The first kappa shape index (κ1) is 9.45. The molecule has 0 bridgehead atoms. The Balaban J connectivity index is 2.75. The summed E-state index contributed by atoms with van der Waals surface area (Å²) >= 11 is 0. The van der Waals surface area contributed by atoms with Crippen molar-refractivity contribution in [2.45, 2.75) is 0 Å². The molecule has 2 rings (SSSR count). The predicted molar refractivity (Wildman–Crippen MR) is 52.1 cm³/mol. The fourth-order valence-corrected chi connectivity index (χ4v) is 1.23. The third kappa shape index (κ3) is 1.50. The van der Waals surface area contributed by atoms with Gasteiger partial charge in [0.15, 0.2) is 11.3 Å². The third-order valence-electron chi connectivity index (χ3n) is 1.94. The zero-order chi connectivity index (χ0) is 10.8. The molecular formula is C9H9N3O3. The number of hydrogen-bond donors (Lipinski definition) is 1. The molecule has 6 nitrogen and oxygen atoms in total. The highest BCUT2D eigenvalue weighted by atomic mass is 16.5. The van der Waals surface area contributed by atoms with Gasteiger partial charge in [0, 0.05) is 6.07 Å². The molecule has 0 radical (unpaired) electrons. The topological polar surface area (TPSA) is 77.4 Å². The van der Waals surface area contributed by atoms with E-state index in [1.54, 1.807) is 6.07 Å². The number of aromatic nitrogens is 3. The Hall–Kier alpha value is -2.11. The van der Waals surface area contributed by atoms with Gasteiger partial charge in [-0.3, -0.25) is 0 Å². The van der Waals surface area contributed by atoms with Gasteiger partial charge in [-0.1, -0.05) is 0 Å². The summed E-state index contributed by atoms with van der Waals surface area (Å²) in [6, 6.07) is 1.63. The van der Waals surface area contributed by atoms with Crippen LogP contribution >= 0.6 is 0 Å². The van der Waals surface area contributed by atoms with Crippen molar-refractivity contribution in [3.8, 4) is 17.5 Å². The van der Waals surface area contributed by atoms with E-state index in [0.29, 0.717) is 11.3 Å². The molecule has 0 amide bonds. The van der Waals surface area contributed by atoms with E-state index < -0.39 is 0 Å². The molecule has 2 aromatic rings. The summed E-state index contributed by atoms with van der Waals surface area (Å²) < 4.78 is 10.1. The molecule has 0 unspecified atom stereocenters. The second-order valence-electron chi connectivity index (χ2n) is 2.76. The quantitative estimate of drug-likeness (QED) is 0.782. The lowest BCUT2D eigenvalue weighted by molar-refractivity contribution is 0.344. The lowest BCUT2D eigenvalue weighted by atomic mass is 10.3. The number of aromatic hydroxyl groups is 1. The van der Waals surface area contributed by atoms with Crippen molar-refractivity contribution < 1.29 is 14.6 Å². The zero-order valence-corrected chi connectivity index (χ0v) is 8.26. The highest BCUT2D eigenvalue weighted by Gasteiger charge is 2.11. The fourth-order valence-electron chi connectivity index (χ4n) is 1.23. The molecule has 2 aromatic heterocycles. The molecule has 0 fully saturated rings. The molecule has 0 spiro atoms. The Morgan fingerprint density at radius 1 is 1.20 bits per heavy atom. The van der Waals surface area contributed by atoms with Gasteiger partial charge in [-0.05, 0) is 0 Å². The molecule has 0 aliphatic heterocycles. The Labute approximate surface area is 85.5 Å². The SMILES string of the molecule is COc1cc2ncnc(O)c2nc1OC. The minimum atomic E-state index is -0.180. The Morgan fingerprint density at radius 3 is 2.67 bits per heavy atom. The Kier molecular flexibility index (Phi) is 2.24. The molecule has 0 atom stereocenters. The largest absolute Gasteiger partial charge is 0.492 e. The van der Waals surface area contributed by atoms with Gasteiger partial charge in [0.1, 0.15) is 11.8 Å². The summed E-state index contributed by atoms with van der Waals surface area (Å²) in [4.78, 5) is 11.6. The summed E-state index contributed by atoms with van der Waals surface area (Å²) in [5.41, 5.74) is 0.787. The van der Waals surface area contributed by atoms with E-state index in [9.17, 15) is 5.11 Å². The molecule has 6 heteroatoms. The molecule has 0 saturated heterocycles. The van der Waals surface area contributed by atoms with Crippen LogP contribution in [0.2, 0.25) is 0 Å². The van der Waals surface area contributed by atoms with Crippen LogP contribution < -0.4 is 9.47 Å². The summed E-state index contributed by atoms with van der Waals surface area (Å²) in [6.45, 7) is 0. The average molecular weight is 207 g/mol. The number of pyridine rings is 1. The van der Waals surface area contributed by atoms with Gasteiger partial charge in [0.05, 0.1) is 14.2 Å². The summed E-state index contributed by atoms with van der Waals surface area (Å²) in [5, 5.41) is 9.44. The van der Waals surface area contributed by atoms with Crippen molar-refractivity contribution in [1.82, 2.24) is 15.0 Å². The van der Waals surface area contributed by atoms with Crippen LogP contribution in [0, 0.1) is 0 Å². The van der Waals surface area contributed by atoms with Crippen LogP contribution in [-0.2, 0) is 0 Å². The van der Waals surface area contributed by atoms with Crippen LogP contribution in [0.5, 0.6) is 17.5 Å². The van der Waals surface area contributed by atoms with Gasteiger partial charge in [-0.2, -0.15) is 0 Å². The van der Waals surface area contributed by atoms with Crippen LogP contribution in [0.15, 0.2) is 12.4 Å². The van der Waals surface area contributed by atoms with Crippen molar-refractivity contribution in [3.63, 3.8) is 0 Å². The maximum Gasteiger partial charge on any atom is 0.257 e. The minimum Gasteiger partial charge on any atom is -0.492 e. The first-order valence-electron chi connectivity index (χ1n) is 4.19. The molecule has 78 valence electrons. The highest BCUT2D eigenvalue weighted by molar-refractivity contribution is 5.80. The maximum atomic E-state index is 9.44. The van der Waals surface area contributed by atoms with Gasteiger partial charge >= 0.3 is 0 Å². The van der Waals surface area contributed by atoms with E-state index in [1.807, 2.05) is 0 Å². The van der Waals surface area contributed by atoms with Crippen molar-refractivity contribution in [3.05, 3.63) is 12.4 Å². The molecular weight excluding hydrogens is 198 g/mol. The normalized spacial score (nSPS) is 10.3. The predicted octanol–water partition coefficient (Wildman–Crippen LogP) is 0.748. The lowest BCUT2D eigenvalue weighted by Gasteiger charge is -2.07. The van der Waals surface area contributed by atoms with Crippen LogP contribution in [-0.4, -0.2) is 34.3 Å². The molecule has 0 aliphatic carbocycles. The van der Waals surface area contributed by atoms with E-state index in [1.165, 1.54) is 20.5 Å². The van der Waals surface area contributed by atoms with Crippen LogP contribution in [0.4, 0.5) is 0 Å². The summed E-state index contributed by atoms with van der Waals surface area (Å²) in [5.74, 6) is 0.569. The number of hydrogen-bond acceptors (Lipinski definition) is 6. The molecule has 0 aliphatic rings. The number of fused-ring (bicyclic) bond motifs is 1. The standard InChI is InChI=1S/C9H9N3O3/c1-14-6-3-5-7(12-9(6)15-2)8(13)11-4-10-5/h3-4H,1-2H3,(H,10,11,13). The zero-order valence-electron chi connectivity index (χ0n) is 8.26. The van der Waals surface area contributed by atoms with Gasteiger partial charge < -0.3 is 14.6 Å². The van der Waals surface area contributed by atoms with E-state index in [0.717, 1.165) is 0 Å². The monoisotopic (exact) mass is 207 g/mol. The van der Waals surface area contributed by atoms with E-state index in [-0.39, 0.29) is 17.3 Å². The third-order valence-corrected chi connectivity index (χ3v) is 1.94. The van der Waals surface area contributed by atoms with Crippen LogP contribution in [0.3, 0.4) is 0 Å². The molecule has 1 N–H and O–H groups in total. The summed E-state index contributed by atoms with van der Waals surface area (Å²) in [6.07, 6.45) is 1.26. The smallest absolute Gasteiger partial charge is 0.257 e. The fraction of sp³-hybridized carbons (Fsp3) is 0.222. The maximum absolute atomic E-state index is 9.44. The molecule has 0 aromatic carbocycles. The molecule has 0 saturated carbocycles. The van der Waals surface area contributed by atoms with Gasteiger partial charge in [-0.15, -0.1) is 0 Å². The second kappa shape index (κ2) is 3.56. The minimum absolute atomic E-state index is 0.180. The van der Waals surface area contributed by atoms with Crippen LogP contribution in [0.1, 0.15) is 0 Å². The van der Waals surface area contributed by atoms with E-state index in [4.69, 9.17) is 9.47 Å². The number of rotatable bonds is 2. The lowest BCUT2D eigenvalue weighted by Crippen LogP contribution is -1.95. The van der Waals surface area contributed by atoms with Crippen molar-refractivity contribution in [1.29, 1.82) is 0 Å². The number of methoxy groups -OCH3 is 2. The van der Waals surface area contributed by atoms with E-state index >= 15 is 0 Å². The van der Waals surface area contributed by atoms with Crippen LogP contribution in [0.25, 0.3) is 11.0 Å². The van der Waals surface area contributed by atoms with Gasteiger partial charge in [0.2, 0.25) is 5.88 Å². The van der Waals surface area contributed by atoms with Gasteiger partial charge in [0.25, 0.3) is 5.88 Å². The second-order valence-corrected chi connectivity index (χ2v) is 2.76. The Morgan fingerprint density at radius 2 is 2.00 bits per heavy atom. The van der Waals surface area contributed by atoms with Crippen molar-refractivity contribution in [2.24, 2.45) is 0 Å². The highest BCUT2D eigenvalue weighted by Crippen LogP contribution is 2.29. The number of ether oxygens (including phenoxy) is 2. The Bertz CT molecular complexity index is 501.